The van der Waals surface area contributed by atoms with Gasteiger partial charge in [-0.1, -0.05) is 18.2 Å². The van der Waals surface area contributed by atoms with E-state index in [1.54, 1.807) is 4.90 Å². The summed E-state index contributed by atoms with van der Waals surface area (Å²) in [7, 11) is 0. The zero-order valence-corrected chi connectivity index (χ0v) is 28.4. The molecule has 2 amide bonds. The van der Waals surface area contributed by atoms with Crippen molar-refractivity contribution in [2.45, 2.75) is 25.3 Å². The van der Waals surface area contributed by atoms with Gasteiger partial charge in [0.1, 0.15) is 22.8 Å². The highest BCUT2D eigenvalue weighted by Crippen LogP contribution is 2.57. The molecule has 0 spiro atoms. The quantitative estimate of drug-likeness (QED) is 0.207. The van der Waals surface area contributed by atoms with E-state index in [0.29, 0.717) is 68.5 Å². The average Bonchev–Trinajstić information content (AvgIpc) is 3.91. The minimum absolute atomic E-state index is 0.0750. The van der Waals surface area contributed by atoms with Crippen LogP contribution in [-0.4, -0.2) is 112 Å². The van der Waals surface area contributed by atoms with Crippen LogP contribution in [0.1, 0.15) is 29.6 Å². The molecule has 0 saturated carbocycles. The van der Waals surface area contributed by atoms with E-state index in [2.05, 4.69) is 15.5 Å². The molecule has 266 valence electrons. The van der Waals surface area contributed by atoms with E-state index in [-0.39, 0.29) is 47.9 Å². The van der Waals surface area contributed by atoms with Crippen molar-refractivity contribution in [1.82, 2.24) is 20.4 Å². The Hall–Kier alpha value is -4.72. The van der Waals surface area contributed by atoms with Crippen LogP contribution in [0, 0.1) is 11.7 Å². The molecule has 3 aromatic carbocycles. The standard InChI is InChI=1S/C38H41FN6O6/c39-28-17-26-34-37(35(28)44-11-7-23(21-44)41-33(46)20-40-8-12-42-9-3-4-10-42)51-32-18-25-24-5-1-2-6-30(24)50-31(25)19-29(32)45(34)22-27(36(26)47)38(48)43-13-15-49-16-14-43/h1-2,5-6,17-19,23,27,40H,3-4,7-16,20-22H2,(H,41,46)/t23-,27?/m1/s1. The van der Waals surface area contributed by atoms with Crippen LogP contribution in [0.2, 0.25) is 0 Å². The number of carbonyl (C=O) groups excluding carboxylic acids is 3. The van der Waals surface area contributed by atoms with Crippen LogP contribution in [0.25, 0.3) is 21.9 Å². The summed E-state index contributed by atoms with van der Waals surface area (Å²) in [6.07, 6.45) is 3.10. The molecule has 6 heterocycles. The third-order valence-electron chi connectivity index (χ3n) is 10.9. The number of ether oxygens (including phenoxy) is 2. The molecule has 0 radical (unpaired) electrons. The molecule has 12 nitrogen and oxygen atoms in total. The number of ketones is 1. The Morgan fingerprint density at radius 2 is 1.75 bits per heavy atom. The first-order valence-electron chi connectivity index (χ1n) is 18.1. The smallest absolute Gasteiger partial charge is 0.235 e. The number of halogens is 1. The Morgan fingerprint density at radius 3 is 2.59 bits per heavy atom. The highest BCUT2D eigenvalue weighted by atomic mass is 19.1. The molecule has 5 aliphatic heterocycles. The Bertz CT molecular complexity index is 2040. The van der Waals surface area contributed by atoms with Gasteiger partial charge in [0.2, 0.25) is 11.8 Å². The van der Waals surface area contributed by atoms with Gasteiger partial charge in [0.15, 0.2) is 23.1 Å². The summed E-state index contributed by atoms with van der Waals surface area (Å²) < 4.78 is 34.8. The number of hydrogen-bond acceptors (Lipinski definition) is 10. The lowest BCUT2D eigenvalue weighted by molar-refractivity contribution is -0.137. The zero-order valence-electron chi connectivity index (χ0n) is 28.4. The molecule has 4 aromatic rings. The van der Waals surface area contributed by atoms with Crippen molar-refractivity contribution in [3.63, 3.8) is 0 Å². The molecule has 2 atom stereocenters. The SMILES string of the molecule is O=C(CNCCN1CCCC1)N[C@@H]1CCN(c2c(F)cc3c4c2Oc2cc5c(cc2N4CC(C(=O)N2CCOCC2)C3=O)oc2ccccc25)C1. The van der Waals surface area contributed by atoms with Gasteiger partial charge in [-0.3, -0.25) is 14.4 Å². The highest BCUT2D eigenvalue weighted by Gasteiger charge is 2.46. The van der Waals surface area contributed by atoms with Gasteiger partial charge in [-0.15, -0.1) is 0 Å². The van der Waals surface area contributed by atoms with Gasteiger partial charge in [-0.05, 0) is 50.6 Å². The van der Waals surface area contributed by atoms with Crippen LogP contribution in [0.5, 0.6) is 11.5 Å². The topological polar surface area (TPSA) is 120 Å². The molecular formula is C38H41FN6O6. The maximum absolute atomic E-state index is 16.5. The molecule has 0 bridgehead atoms. The molecule has 9 rings (SSSR count). The van der Waals surface area contributed by atoms with Gasteiger partial charge in [0.25, 0.3) is 0 Å². The van der Waals surface area contributed by atoms with Crippen LogP contribution < -0.4 is 25.2 Å². The second-order valence-corrected chi connectivity index (χ2v) is 14.1. The highest BCUT2D eigenvalue weighted by molar-refractivity contribution is 6.18. The summed E-state index contributed by atoms with van der Waals surface area (Å²) in [4.78, 5) is 48.6. The third kappa shape index (κ3) is 5.77. The van der Waals surface area contributed by atoms with Crippen molar-refractivity contribution in [3.05, 3.63) is 53.8 Å². The number of nitrogens with zero attached hydrogens (tertiary/aromatic N) is 4. The Balaban J connectivity index is 1.03. The maximum atomic E-state index is 16.5. The monoisotopic (exact) mass is 696 g/mol. The fraction of sp³-hybridized carbons (Fsp3) is 0.447. The fourth-order valence-electron chi connectivity index (χ4n) is 8.36. The molecule has 1 aromatic heterocycles. The van der Waals surface area contributed by atoms with E-state index >= 15 is 4.39 Å². The van der Waals surface area contributed by atoms with E-state index in [0.717, 1.165) is 42.5 Å². The van der Waals surface area contributed by atoms with E-state index in [1.165, 1.54) is 18.9 Å². The number of anilines is 3. The van der Waals surface area contributed by atoms with Crippen LogP contribution in [0.3, 0.4) is 0 Å². The lowest BCUT2D eigenvalue weighted by Gasteiger charge is -2.42. The van der Waals surface area contributed by atoms with E-state index < -0.39 is 17.5 Å². The van der Waals surface area contributed by atoms with Gasteiger partial charge in [0.05, 0.1) is 31.1 Å². The largest absolute Gasteiger partial charge is 0.456 e. The van der Waals surface area contributed by atoms with Crippen molar-refractivity contribution in [2.24, 2.45) is 5.92 Å². The summed E-state index contributed by atoms with van der Waals surface area (Å²) in [6.45, 7) is 6.69. The molecule has 13 heteroatoms. The number of Topliss-reactive ketones (excluding diaryl/α,β-unsaturated/α-hetero) is 1. The van der Waals surface area contributed by atoms with Crippen molar-refractivity contribution in [3.8, 4) is 11.5 Å². The van der Waals surface area contributed by atoms with Crippen molar-refractivity contribution in [2.75, 3.05) is 88.5 Å². The second kappa shape index (κ2) is 13.1. The van der Waals surface area contributed by atoms with Gasteiger partial charge >= 0.3 is 0 Å². The van der Waals surface area contributed by atoms with Crippen LogP contribution in [0.15, 0.2) is 46.9 Å². The number of rotatable bonds is 8. The summed E-state index contributed by atoms with van der Waals surface area (Å²) in [5, 5.41) is 8.12. The summed E-state index contributed by atoms with van der Waals surface area (Å²) in [6, 6.07) is 12.6. The first kappa shape index (κ1) is 32.2. The van der Waals surface area contributed by atoms with Crippen LogP contribution in [0.4, 0.5) is 21.5 Å². The number of nitrogens with one attached hydrogen (secondary N) is 2. The molecule has 51 heavy (non-hydrogen) atoms. The molecule has 3 saturated heterocycles. The molecular weight excluding hydrogens is 655 g/mol. The Kier molecular flexibility index (Phi) is 8.28. The van der Waals surface area contributed by atoms with Crippen molar-refractivity contribution in [1.29, 1.82) is 0 Å². The molecule has 5 aliphatic rings. The van der Waals surface area contributed by atoms with Crippen LogP contribution in [-0.2, 0) is 14.3 Å². The number of fused-ring (bicyclic) bond motifs is 5. The minimum Gasteiger partial charge on any atom is -0.456 e. The Morgan fingerprint density at radius 1 is 0.922 bits per heavy atom. The fourth-order valence-corrected chi connectivity index (χ4v) is 8.36. The zero-order chi connectivity index (χ0) is 34.6. The summed E-state index contributed by atoms with van der Waals surface area (Å²) in [5.41, 5.74) is 2.81. The first-order valence-corrected chi connectivity index (χ1v) is 18.1. The number of carbonyl (C=O) groups is 3. The number of likely N-dealkylation sites (tertiary alicyclic amines) is 1. The van der Waals surface area contributed by atoms with Gasteiger partial charge in [-0.25, -0.2) is 4.39 Å². The summed E-state index contributed by atoms with van der Waals surface area (Å²) in [5.74, 6) is -1.72. The minimum atomic E-state index is -1.03. The van der Waals surface area contributed by atoms with E-state index in [4.69, 9.17) is 13.9 Å². The van der Waals surface area contributed by atoms with Crippen molar-refractivity contribution < 1.29 is 32.7 Å². The normalized spacial score (nSPS) is 21.7. The van der Waals surface area contributed by atoms with Gasteiger partial charge in [-0.2, -0.15) is 0 Å². The number of benzene rings is 3. The van der Waals surface area contributed by atoms with Gasteiger partial charge < -0.3 is 44.1 Å². The van der Waals surface area contributed by atoms with Gasteiger partial charge in [0, 0.05) is 74.3 Å². The van der Waals surface area contributed by atoms with E-state index in [1.807, 2.05) is 46.2 Å². The maximum Gasteiger partial charge on any atom is 0.235 e. The lowest BCUT2D eigenvalue weighted by atomic mass is 9.87. The summed E-state index contributed by atoms with van der Waals surface area (Å²) >= 11 is 0. The number of furan rings is 1. The molecule has 3 fully saturated rings. The molecule has 1 unspecified atom stereocenters. The van der Waals surface area contributed by atoms with E-state index in [9.17, 15) is 14.4 Å². The molecule has 2 N–H and O–H groups in total. The average molecular weight is 697 g/mol. The van der Waals surface area contributed by atoms with Crippen LogP contribution >= 0.6 is 0 Å². The lowest BCUT2D eigenvalue weighted by Crippen LogP contribution is -2.50. The third-order valence-corrected chi connectivity index (χ3v) is 10.9. The first-order chi connectivity index (χ1) is 24.9. The number of hydrogen-bond donors (Lipinski definition) is 2. The predicted molar refractivity (Wildman–Crippen MR) is 190 cm³/mol. The van der Waals surface area contributed by atoms with Crippen molar-refractivity contribution >= 4 is 56.6 Å². The number of para-hydroxylation sites is 1. The number of amides is 2. The molecule has 0 aliphatic carbocycles. The predicted octanol–water partition coefficient (Wildman–Crippen LogP) is 4.02. The number of morpholine rings is 1. The Labute approximate surface area is 294 Å². The second-order valence-electron chi connectivity index (χ2n) is 14.1.